The molecule has 0 unspecified atom stereocenters. The molecule has 0 radical (unpaired) electrons. The average molecular weight is 273 g/mol. The summed E-state index contributed by atoms with van der Waals surface area (Å²) in [6.45, 7) is 1.81. The highest BCUT2D eigenvalue weighted by Crippen LogP contribution is 2.44. The van der Waals surface area contributed by atoms with Gasteiger partial charge in [0.25, 0.3) is 5.91 Å². The van der Waals surface area contributed by atoms with Gasteiger partial charge in [-0.15, -0.1) is 0 Å². The number of rotatable bonds is 5. The number of amides is 1. The number of nitrogens with one attached hydrogen (secondary N) is 1. The van der Waals surface area contributed by atoms with Crippen LogP contribution in [0.5, 0.6) is 0 Å². The van der Waals surface area contributed by atoms with Crippen molar-refractivity contribution in [3.05, 3.63) is 34.9 Å². The number of carboxylic acid groups (broad SMARTS) is 1. The average Bonchev–Trinajstić information content (AvgIpc) is 3.27. The van der Waals surface area contributed by atoms with E-state index in [1.165, 1.54) is 31.7 Å². The second-order valence-electron chi connectivity index (χ2n) is 6.07. The van der Waals surface area contributed by atoms with Gasteiger partial charge < -0.3 is 10.4 Å². The van der Waals surface area contributed by atoms with Gasteiger partial charge in [0.2, 0.25) is 0 Å². The van der Waals surface area contributed by atoms with Crippen molar-refractivity contribution >= 4 is 11.9 Å². The molecule has 2 N–H and O–H groups in total. The number of aromatic carboxylic acids is 1. The Morgan fingerprint density at radius 2 is 1.65 bits per heavy atom. The molecule has 2 saturated carbocycles. The van der Waals surface area contributed by atoms with Crippen molar-refractivity contribution < 1.29 is 14.7 Å². The molecule has 4 heteroatoms. The first-order valence-electron chi connectivity index (χ1n) is 7.20. The molecule has 106 valence electrons. The Hall–Kier alpha value is -1.84. The number of hydrogen-bond acceptors (Lipinski definition) is 2. The second-order valence-corrected chi connectivity index (χ2v) is 6.07. The van der Waals surface area contributed by atoms with E-state index in [0.717, 1.165) is 5.56 Å². The van der Waals surface area contributed by atoms with Gasteiger partial charge in [-0.25, -0.2) is 4.79 Å². The van der Waals surface area contributed by atoms with E-state index in [4.69, 9.17) is 5.11 Å². The molecule has 0 saturated heterocycles. The van der Waals surface area contributed by atoms with Gasteiger partial charge in [-0.1, -0.05) is 0 Å². The lowest BCUT2D eigenvalue weighted by Crippen LogP contribution is -2.38. The number of carbonyl (C=O) groups excluding carboxylic acids is 1. The van der Waals surface area contributed by atoms with E-state index in [1.54, 1.807) is 12.1 Å². The standard InChI is InChI=1S/C16H19NO3/c1-9-6-12(8-13(7-9)16(19)20)15(18)17-14(10-2-3-10)11-4-5-11/h6-8,10-11,14H,2-5H2,1H3,(H,17,18)(H,19,20). The lowest BCUT2D eigenvalue weighted by Gasteiger charge is -2.18. The van der Waals surface area contributed by atoms with Crippen molar-refractivity contribution in [1.82, 2.24) is 5.32 Å². The number of carboxylic acids is 1. The van der Waals surface area contributed by atoms with Crippen LogP contribution in [0.15, 0.2) is 18.2 Å². The van der Waals surface area contributed by atoms with Crippen LogP contribution in [0, 0.1) is 18.8 Å². The van der Waals surface area contributed by atoms with E-state index in [9.17, 15) is 9.59 Å². The third kappa shape index (κ3) is 2.84. The Morgan fingerprint density at radius 3 is 2.15 bits per heavy atom. The van der Waals surface area contributed by atoms with Crippen LogP contribution in [0.4, 0.5) is 0 Å². The molecular weight excluding hydrogens is 254 g/mol. The summed E-state index contributed by atoms with van der Waals surface area (Å²) in [6, 6.07) is 5.08. The van der Waals surface area contributed by atoms with E-state index >= 15 is 0 Å². The number of hydrogen-bond donors (Lipinski definition) is 2. The summed E-state index contributed by atoms with van der Waals surface area (Å²) in [4.78, 5) is 23.4. The maximum absolute atomic E-state index is 12.3. The first-order valence-corrected chi connectivity index (χ1v) is 7.20. The van der Waals surface area contributed by atoms with Crippen LogP contribution >= 0.6 is 0 Å². The minimum atomic E-state index is -0.997. The highest BCUT2D eigenvalue weighted by molar-refractivity contribution is 5.98. The summed E-state index contributed by atoms with van der Waals surface area (Å²) in [7, 11) is 0. The van der Waals surface area contributed by atoms with Crippen molar-refractivity contribution in [2.75, 3.05) is 0 Å². The van der Waals surface area contributed by atoms with Crippen LogP contribution in [0.1, 0.15) is 52.0 Å². The summed E-state index contributed by atoms with van der Waals surface area (Å²) in [5.74, 6) is 0.133. The monoisotopic (exact) mass is 273 g/mol. The quantitative estimate of drug-likeness (QED) is 0.866. The van der Waals surface area contributed by atoms with Crippen LogP contribution in [0.2, 0.25) is 0 Å². The summed E-state index contributed by atoms with van der Waals surface area (Å²) in [5.41, 5.74) is 1.42. The molecule has 1 amide bonds. The lowest BCUT2D eigenvalue weighted by molar-refractivity contribution is 0.0696. The molecule has 0 bridgehead atoms. The Bertz CT molecular complexity index is 547. The second kappa shape index (κ2) is 4.93. The van der Waals surface area contributed by atoms with Gasteiger partial charge in [0.1, 0.15) is 0 Å². The summed E-state index contributed by atoms with van der Waals surface area (Å²) in [6.07, 6.45) is 4.82. The first-order chi connectivity index (χ1) is 9.54. The number of benzene rings is 1. The van der Waals surface area contributed by atoms with Gasteiger partial charge >= 0.3 is 5.97 Å². The Labute approximate surface area is 118 Å². The van der Waals surface area contributed by atoms with Crippen molar-refractivity contribution in [2.45, 2.75) is 38.6 Å². The maximum atomic E-state index is 12.3. The molecule has 0 atom stereocenters. The molecular formula is C16H19NO3. The van der Waals surface area contributed by atoms with Crippen molar-refractivity contribution in [3.8, 4) is 0 Å². The van der Waals surface area contributed by atoms with Crippen molar-refractivity contribution in [3.63, 3.8) is 0 Å². The Balaban J connectivity index is 1.77. The third-order valence-electron chi connectivity index (χ3n) is 4.14. The van der Waals surface area contributed by atoms with Crippen LogP contribution < -0.4 is 5.32 Å². The van der Waals surface area contributed by atoms with Gasteiger partial charge in [0.15, 0.2) is 0 Å². The number of carbonyl (C=O) groups is 2. The topological polar surface area (TPSA) is 66.4 Å². The minimum absolute atomic E-state index is 0.139. The molecule has 4 nitrogen and oxygen atoms in total. The van der Waals surface area contributed by atoms with Crippen LogP contribution in [0.25, 0.3) is 0 Å². The highest BCUT2D eigenvalue weighted by Gasteiger charge is 2.42. The van der Waals surface area contributed by atoms with Gasteiger partial charge in [-0.05, 0) is 68.2 Å². The summed E-state index contributed by atoms with van der Waals surface area (Å²) in [5, 5.41) is 12.2. The maximum Gasteiger partial charge on any atom is 0.335 e. The predicted octanol–water partition coefficient (Wildman–Crippen LogP) is 2.61. The fourth-order valence-electron chi connectivity index (χ4n) is 2.80. The Morgan fingerprint density at radius 1 is 1.10 bits per heavy atom. The zero-order valence-electron chi connectivity index (χ0n) is 11.6. The SMILES string of the molecule is Cc1cc(C(=O)O)cc(C(=O)NC(C2CC2)C2CC2)c1. The molecule has 3 rings (SSSR count). The minimum Gasteiger partial charge on any atom is -0.478 e. The molecule has 2 aliphatic rings. The van der Waals surface area contributed by atoms with Crippen molar-refractivity contribution in [1.29, 1.82) is 0 Å². The Kier molecular flexibility index (Phi) is 3.24. The molecule has 2 aliphatic carbocycles. The third-order valence-corrected chi connectivity index (χ3v) is 4.14. The molecule has 0 aliphatic heterocycles. The van der Waals surface area contributed by atoms with E-state index in [-0.39, 0.29) is 17.5 Å². The first kappa shape index (κ1) is 13.2. The smallest absolute Gasteiger partial charge is 0.335 e. The zero-order valence-corrected chi connectivity index (χ0v) is 11.6. The molecule has 1 aromatic rings. The van der Waals surface area contributed by atoms with E-state index < -0.39 is 5.97 Å². The lowest BCUT2D eigenvalue weighted by atomic mass is 10.0. The zero-order chi connectivity index (χ0) is 14.3. The largest absolute Gasteiger partial charge is 0.478 e. The summed E-state index contributed by atoms with van der Waals surface area (Å²) < 4.78 is 0. The van der Waals surface area contributed by atoms with E-state index in [0.29, 0.717) is 17.4 Å². The normalized spacial score (nSPS) is 18.1. The fourth-order valence-corrected chi connectivity index (χ4v) is 2.80. The van der Waals surface area contributed by atoms with Crippen LogP contribution in [-0.2, 0) is 0 Å². The molecule has 20 heavy (non-hydrogen) atoms. The molecule has 2 fully saturated rings. The van der Waals surface area contributed by atoms with E-state index in [1.807, 2.05) is 6.92 Å². The van der Waals surface area contributed by atoms with Gasteiger partial charge in [0.05, 0.1) is 5.56 Å². The predicted molar refractivity (Wildman–Crippen MR) is 74.8 cm³/mol. The number of aryl methyl sites for hydroxylation is 1. The van der Waals surface area contributed by atoms with Gasteiger partial charge in [0, 0.05) is 11.6 Å². The molecule has 1 aromatic carbocycles. The molecule has 0 aromatic heterocycles. The molecule has 0 spiro atoms. The summed E-state index contributed by atoms with van der Waals surface area (Å²) >= 11 is 0. The van der Waals surface area contributed by atoms with Gasteiger partial charge in [-0.3, -0.25) is 4.79 Å². The highest BCUT2D eigenvalue weighted by atomic mass is 16.4. The van der Waals surface area contributed by atoms with E-state index in [2.05, 4.69) is 5.32 Å². The molecule has 0 heterocycles. The van der Waals surface area contributed by atoms with Crippen LogP contribution in [0.3, 0.4) is 0 Å². The van der Waals surface area contributed by atoms with Crippen molar-refractivity contribution in [2.24, 2.45) is 11.8 Å². The van der Waals surface area contributed by atoms with Crippen LogP contribution in [-0.4, -0.2) is 23.0 Å². The van der Waals surface area contributed by atoms with Gasteiger partial charge in [-0.2, -0.15) is 0 Å². The fraction of sp³-hybridized carbons (Fsp3) is 0.500.